The smallest absolute Gasteiger partial charge is 0.335 e. The molecule has 0 fully saturated rings. The summed E-state index contributed by atoms with van der Waals surface area (Å²) >= 11 is 0. The lowest BCUT2D eigenvalue weighted by atomic mass is 9.98. The first-order valence-corrected chi connectivity index (χ1v) is 9.80. The number of unbranched alkanes of at least 4 members (excludes halogenated alkanes) is 1. The first-order chi connectivity index (χ1) is 14.3. The van der Waals surface area contributed by atoms with Gasteiger partial charge in [-0.3, -0.25) is 4.79 Å². The Morgan fingerprint density at radius 2 is 1.57 bits per heavy atom. The highest BCUT2D eigenvalue weighted by Gasteiger charge is 2.18. The van der Waals surface area contributed by atoms with Crippen molar-refractivity contribution in [3.8, 4) is 23.0 Å². The molecule has 7 nitrogen and oxygen atoms in total. The predicted molar refractivity (Wildman–Crippen MR) is 112 cm³/mol. The topological polar surface area (TPSA) is 102 Å². The van der Waals surface area contributed by atoms with E-state index in [0.717, 1.165) is 0 Å². The molecule has 0 spiro atoms. The van der Waals surface area contributed by atoms with E-state index >= 15 is 0 Å². The molecular weight excluding hydrogens is 388 g/mol. The molecule has 0 heterocycles. The van der Waals surface area contributed by atoms with Crippen molar-refractivity contribution < 1.29 is 34.0 Å². The van der Waals surface area contributed by atoms with Crippen LogP contribution < -0.4 is 14.2 Å². The van der Waals surface area contributed by atoms with E-state index in [9.17, 15) is 14.7 Å². The number of carbonyl (C=O) groups is 2. The highest BCUT2D eigenvalue weighted by Crippen LogP contribution is 2.32. The minimum absolute atomic E-state index is 0.0357. The van der Waals surface area contributed by atoms with Gasteiger partial charge in [0, 0.05) is 11.5 Å². The number of Topliss-reactive ketones (excluding diaryl/α,β-unsaturated/α-hetero) is 1. The molecule has 2 rings (SSSR count). The Hall–Kier alpha value is -3.22. The molecule has 0 amide bonds. The molecule has 0 unspecified atom stereocenters. The Bertz CT molecular complexity index is 903. The number of phenols is 1. The fourth-order valence-corrected chi connectivity index (χ4v) is 2.84. The summed E-state index contributed by atoms with van der Waals surface area (Å²) in [6, 6.07) is 7.76. The summed E-state index contributed by atoms with van der Waals surface area (Å²) in [6.45, 7) is 6.14. The number of ether oxygens (including phenoxy) is 3. The van der Waals surface area contributed by atoms with E-state index in [1.165, 1.54) is 19.2 Å². The van der Waals surface area contributed by atoms with Crippen LogP contribution in [0.5, 0.6) is 23.0 Å². The third-order valence-corrected chi connectivity index (χ3v) is 4.64. The quantitative estimate of drug-likeness (QED) is 0.411. The number of carboxylic acid groups (broad SMARTS) is 1. The summed E-state index contributed by atoms with van der Waals surface area (Å²) in [4.78, 5) is 23.1. The summed E-state index contributed by atoms with van der Waals surface area (Å²) in [6.07, 6.45) is 1.42. The summed E-state index contributed by atoms with van der Waals surface area (Å²) in [5.41, 5.74) is 0.986. The molecule has 0 aliphatic rings. The zero-order chi connectivity index (χ0) is 22.3. The SMILES string of the molecule is COc1cc(C(=O)O)ccc1OCCCCOc1ccc(C(=O)C(C)C)c(O)c1C. The number of hydrogen-bond acceptors (Lipinski definition) is 6. The third-order valence-electron chi connectivity index (χ3n) is 4.64. The van der Waals surface area contributed by atoms with Crippen LogP contribution in [0.3, 0.4) is 0 Å². The number of methoxy groups -OCH3 is 1. The summed E-state index contributed by atoms with van der Waals surface area (Å²) in [7, 11) is 1.46. The van der Waals surface area contributed by atoms with Gasteiger partial charge in [0.25, 0.3) is 0 Å². The second-order valence-electron chi connectivity index (χ2n) is 7.18. The molecule has 0 saturated heterocycles. The highest BCUT2D eigenvalue weighted by molar-refractivity contribution is 6.00. The monoisotopic (exact) mass is 416 g/mol. The average Bonchev–Trinajstić information content (AvgIpc) is 2.72. The van der Waals surface area contributed by atoms with Gasteiger partial charge in [0.2, 0.25) is 0 Å². The molecule has 2 N–H and O–H groups in total. The standard InChI is InChI=1S/C23H28O7/c1-14(2)21(24)17-8-10-18(15(3)22(17)25)29-11-5-6-12-30-19-9-7-16(23(26)27)13-20(19)28-4/h7-10,13-14,25H,5-6,11-12H2,1-4H3,(H,26,27). The fourth-order valence-electron chi connectivity index (χ4n) is 2.84. The minimum atomic E-state index is -1.03. The zero-order valence-corrected chi connectivity index (χ0v) is 17.7. The third kappa shape index (κ3) is 5.65. The number of aromatic hydroxyl groups is 1. The van der Waals surface area contributed by atoms with Crippen LogP contribution in [0.4, 0.5) is 0 Å². The van der Waals surface area contributed by atoms with Crippen LogP contribution in [0.2, 0.25) is 0 Å². The number of phenolic OH excluding ortho intramolecular Hbond substituents is 1. The number of aromatic carboxylic acids is 1. The van der Waals surface area contributed by atoms with Gasteiger partial charge in [0.1, 0.15) is 11.5 Å². The van der Waals surface area contributed by atoms with Gasteiger partial charge in [-0.2, -0.15) is 0 Å². The van der Waals surface area contributed by atoms with Crippen LogP contribution in [0.25, 0.3) is 0 Å². The lowest BCUT2D eigenvalue weighted by Gasteiger charge is -2.14. The molecule has 0 bridgehead atoms. The normalized spacial score (nSPS) is 10.7. The molecular formula is C23H28O7. The van der Waals surface area contributed by atoms with Gasteiger partial charge in [0.15, 0.2) is 17.3 Å². The molecule has 0 radical (unpaired) electrons. The molecule has 0 aromatic heterocycles. The van der Waals surface area contributed by atoms with Crippen molar-refractivity contribution in [3.63, 3.8) is 0 Å². The fraction of sp³-hybridized carbons (Fsp3) is 0.391. The van der Waals surface area contributed by atoms with Crippen molar-refractivity contribution in [1.29, 1.82) is 0 Å². The van der Waals surface area contributed by atoms with Gasteiger partial charge < -0.3 is 24.4 Å². The van der Waals surface area contributed by atoms with Crippen LogP contribution in [0.15, 0.2) is 30.3 Å². The van der Waals surface area contributed by atoms with E-state index in [1.54, 1.807) is 39.0 Å². The lowest BCUT2D eigenvalue weighted by Crippen LogP contribution is -2.09. The van der Waals surface area contributed by atoms with Crippen LogP contribution in [0.1, 0.15) is 53.0 Å². The van der Waals surface area contributed by atoms with Gasteiger partial charge in [-0.05, 0) is 50.1 Å². The van der Waals surface area contributed by atoms with Crippen molar-refractivity contribution in [2.45, 2.75) is 33.6 Å². The Morgan fingerprint density at radius 1 is 0.967 bits per heavy atom. The van der Waals surface area contributed by atoms with Crippen LogP contribution in [0, 0.1) is 12.8 Å². The lowest BCUT2D eigenvalue weighted by molar-refractivity contribution is 0.0696. The van der Waals surface area contributed by atoms with E-state index in [0.29, 0.717) is 54.4 Å². The molecule has 2 aromatic carbocycles. The highest BCUT2D eigenvalue weighted by atomic mass is 16.5. The van der Waals surface area contributed by atoms with Crippen LogP contribution >= 0.6 is 0 Å². The molecule has 0 aliphatic carbocycles. The van der Waals surface area contributed by atoms with Gasteiger partial charge >= 0.3 is 5.97 Å². The summed E-state index contributed by atoms with van der Waals surface area (Å²) in [5.74, 6) is 0.0287. The molecule has 2 aromatic rings. The Morgan fingerprint density at radius 3 is 2.13 bits per heavy atom. The van der Waals surface area contributed by atoms with Crippen molar-refractivity contribution in [3.05, 3.63) is 47.0 Å². The Balaban J connectivity index is 1.83. The van der Waals surface area contributed by atoms with E-state index in [2.05, 4.69) is 0 Å². The Kier molecular flexibility index (Phi) is 8.09. The van der Waals surface area contributed by atoms with Crippen molar-refractivity contribution in [2.75, 3.05) is 20.3 Å². The first-order valence-electron chi connectivity index (χ1n) is 9.80. The van der Waals surface area contributed by atoms with E-state index in [-0.39, 0.29) is 23.0 Å². The maximum absolute atomic E-state index is 12.1. The molecule has 0 saturated carbocycles. The maximum atomic E-state index is 12.1. The van der Waals surface area contributed by atoms with E-state index in [1.807, 2.05) is 0 Å². The first kappa shape index (κ1) is 23.1. The number of ketones is 1. The zero-order valence-electron chi connectivity index (χ0n) is 17.7. The molecule has 0 aliphatic heterocycles. The molecule has 0 atom stereocenters. The van der Waals surface area contributed by atoms with Crippen molar-refractivity contribution >= 4 is 11.8 Å². The second kappa shape index (κ2) is 10.5. The second-order valence-corrected chi connectivity index (χ2v) is 7.18. The molecule has 162 valence electrons. The number of benzene rings is 2. The van der Waals surface area contributed by atoms with Crippen molar-refractivity contribution in [1.82, 2.24) is 0 Å². The number of hydrogen-bond donors (Lipinski definition) is 2. The van der Waals surface area contributed by atoms with Gasteiger partial charge in [0.05, 0.1) is 31.5 Å². The van der Waals surface area contributed by atoms with Crippen LogP contribution in [-0.2, 0) is 0 Å². The van der Waals surface area contributed by atoms with Gasteiger partial charge in [-0.1, -0.05) is 13.8 Å². The molecule has 30 heavy (non-hydrogen) atoms. The average molecular weight is 416 g/mol. The summed E-state index contributed by atoms with van der Waals surface area (Å²) in [5, 5.41) is 19.3. The van der Waals surface area contributed by atoms with Gasteiger partial charge in [-0.25, -0.2) is 4.79 Å². The van der Waals surface area contributed by atoms with E-state index < -0.39 is 5.97 Å². The maximum Gasteiger partial charge on any atom is 0.335 e. The number of rotatable bonds is 11. The van der Waals surface area contributed by atoms with E-state index in [4.69, 9.17) is 19.3 Å². The number of carboxylic acids is 1. The summed E-state index contributed by atoms with van der Waals surface area (Å²) < 4.78 is 16.6. The minimum Gasteiger partial charge on any atom is -0.507 e. The van der Waals surface area contributed by atoms with Gasteiger partial charge in [-0.15, -0.1) is 0 Å². The van der Waals surface area contributed by atoms with Crippen LogP contribution in [-0.4, -0.2) is 42.3 Å². The van der Waals surface area contributed by atoms with Crippen molar-refractivity contribution in [2.24, 2.45) is 5.92 Å². The Labute approximate surface area is 176 Å². The number of carbonyl (C=O) groups excluding carboxylic acids is 1. The predicted octanol–water partition coefficient (Wildman–Crippen LogP) is 4.48. The largest absolute Gasteiger partial charge is 0.507 e. The molecule has 7 heteroatoms.